The number of carbonyl (C=O) groups excluding carboxylic acids is 1. The van der Waals surface area contributed by atoms with Crippen LogP contribution in [0.3, 0.4) is 0 Å². The summed E-state index contributed by atoms with van der Waals surface area (Å²) in [6.07, 6.45) is 3.00. The third kappa shape index (κ3) is 3.13. The number of nitrogens with zero attached hydrogens (tertiary/aromatic N) is 3. The van der Waals surface area contributed by atoms with Crippen LogP contribution < -0.4 is 5.56 Å². The van der Waals surface area contributed by atoms with E-state index in [0.29, 0.717) is 19.6 Å². The molecule has 0 bridgehead atoms. The van der Waals surface area contributed by atoms with Gasteiger partial charge in [-0.25, -0.2) is 0 Å². The minimum atomic E-state index is -0.536. The smallest absolute Gasteiger partial charge is 0.263 e. The van der Waals surface area contributed by atoms with Gasteiger partial charge in [-0.2, -0.15) is 0 Å². The fraction of sp³-hybridized carbons (Fsp3) is 0.667. The molecule has 2 saturated heterocycles. The van der Waals surface area contributed by atoms with Crippen molar-refractivity contribution in [2.45, 2.75) is 51.8 Å². The van der Waals surface area contributed by atoms with E-state index in [1.807, 2.05) is 19.9 Å². The fourth-order valence-electron chi connectivity index (χ4n) is 3.94. The van der Waals surface area contributed by atoms with E-state index in [0.717, 1.165) is 31.6 Å². The SMILES string of the molecule is CCn1c(C)ccc(C(=O)N2C[C@@H](O)[C@H](N3CCCCC3)C2)c1=O. The van der Waals surface area contributed by atoms with Gasteiger partial charge < -0.3 is 14.6 Å². The molecule has 6 heteroatoms. The second-order valence-corrected chi connectivity index (χ2v) is 6.88. The minimum absolute atomic E-state index is 0.00639. The number of piperidine rings is 1. The summed E-state index contributed by atoms with van der Waals surface area (Å²) in [6.45, 7) is 7.08. The van der Waals surface area contributed by atoms with Gasteiger partial charge in [0.15, 0.2) is 0 Å². The maximum Gasteiger partial charge on any atom is 0.263 e. The highest BCUT2D eigenvalue weighted by atomic mass is 16.3. The van der Waals surface area contributed by atoms with Crippen LogP contribution in [0.4, 0.5) is 0 Å². The molecule has 2 aliphatic heterocycles. The van der Waals surface area contributed by atoms with Crippen molar-refractivity contribution in [2.24, 2.45) is 0 Å². The Balaban J connectivity index is 1.78. The van der Waals surface area contributed by atoms with Crippen molar-refractivity contribution >= 4 is 5.91 Å². The van der Waals surface area contributed by atoms with E-state index in [1.165, 1.54) is 6.42 Å². The summed E-state index contributed by atoms with van der Waals surface area (Å²) in [5.41, 5.74) is 0.819. The van der Waals surface area contributed by atoms with E-state index in [4.69, 9.17) is 0 Å². The number of aromatic nitrogens is 1. The molecule has 0 aliphatic carbocycles. The Morgan fingerprint density at radius 2 is 1.92 bits per heavy atom. The highest BCUT2D eigenvalue weighted by Gasteiger charge is 2.38. The number of aliphatic hydroxyl groups excluding tert-OH is 1. The Labute approximate surface area is 142 Å². The average Bonchev–Trinajstić information content (AvgIpc) is 2.97. The Hall–Kier alpha value is -1.66. The van der Waals surface area contributed by atoms with E-state index >= 15 is 0 Å². The van der Waals surface area contributed by atoms with Crippen molar-refractivity contribution in [1.29, 1.82) is 0 Å². The molecule has 0 unspecified atom stereocenters. The second-order valence-electron chi connectivity index (χ2n) is 6.88. The Bertz CT molecular complexity index is 664. The third-order valence-electron chi connectivity index (χ3n) is 5.35. The minimum Gasteiger partial charge on any atom is -0.390 e. The quantitative estimate of drug-likeness (QED) is 0.890. The van der Waals surface area contributed by atoms with Crippen LogP contribution in [0.5, 0.6) is 0 Å². The Morgan fingerprint density at radius 3 is 2.58 bits per heavy atom. The number of amides is 1. The number of β-amino-alcohol motifs (C(OH)–C–C–N with tert-alkyl or cyclic N) is 1. The summed E-state index contributed by atoms with van der Waals surface area (Å²) in [5.74, 6) is -0.263. The lowest BCUT2D eigenvalue weighted by Gasteiger charge is -2.33. The summed E-state index contributed by atoms with van der Waals surface area (Å²) >= 11 is 0. The number of aliphatic hydroxyl groups is 1. The second kappa shape index (κ2) is 7.07. The largest absolute Gasteiger partial charge is 0.390 e. The van der Waals surface area contributed by atoms with Crippen molar-refractivity contribution in [2.75, 3.05) is 26.2 Å². The number of hydrogen-bond acceptors (Lipinski definition) is 4. The molecule has 0 saturated carbocycles. The highest BCUT2D eigenvalue weighted by Crippen LogP contribution is 2.21. The van der Waals surface area contributed by atoms with Crippen LogP contribution in [-0.4, -0.2) is 63.7 Å². The van der Waals surface area contributed by atoms with Gasteiger partial charge in [-0.15, -0.1) is 0 Å². The first-order valence-electron chi connectivity index (χ1n) is 8.94. The number of rotatable bonds is 3. The maximum atomic E-state index is 12.8. The molecule has 0 radical (unpaired) electrons. The zero-order valence-corrected chi connectivity index (χ0v) is 14.6. The van der Waals surface area contributed by atoms with Crippen LogP contribution in [-0.2, 0) is 6.54 Å². The van der Waals surface area contributed by atoms with Crippen LogP contribution in [0.25, 0.3) is 0 Å². The molecule has 2 aliphatic rings. The van der Waals surface area contributed by atoms with Crippen molar-refractivity contribution < 1.29 is 9.90 Å². The lowest BCUT2D eigenvalue weighted by atomic mass is 10.1. The molecule has 6 nitrogen and oxygen atoms in total. The molecule has 0 aromatic carbocycles. The van der Waals surface area contributed by atoms with Gasteiger partial charge in [0.2, 0.25) is 0 Å². The Kier molecular flexibility index (Phi) is 5.06. The van der Waals surface area contributed by atoms with Crippen LogP contribution in [0.1, 0.15) is 42.2 Å². The molecular formula is C18H27N3O3. The van der Waals surface area contributed by atoms with E-state index in [9.17, 15) is 14.7 Å². The van der Waals surface area contributed by atoms with Crippen molar-refractivity contribution in [3.8, 4) is 0 Å². The van der Waals surface area contributed by atoms with E-state index in [2.05, 4.69) is 4.90 Å². The van der Waals surface area contributed by atoms with Gasteiger partial charge in [-0.05, 0) is 51.9 Å². The molecule has 1 aromatic heterocycles. The van der Waals surface area contributed by atoms with E-state index < -0.39 is 6.10 Å². The molecule has 1 amide bonds. The van der Waals surface area contributed by atoms with Crippen LogP contribution in [0, 0.1) is 6.92 Å². The van der Waals surface area contributed by atoms with E-state index in [-0.39, 0.29) is 23.1 Å². The number of carbonyl (C=O) groups is 1. The molecule has 1 aromatic rings. The summed E-state index contributed by atoms with van der Waals surface area (Å²) in [4.78, 5) is 29.3. The third-order valence-corrected chi connectivity index (χ3v) is 5.35. The predicted molar refractivity (Wildman–Crippen MR) is 92.2 cm³/mol. The fourth-order valence-corrected chi connectivity index (χ4v) is 3.94. The zero-order chi connectivity index (χ0) is 17.3. The van der Waals surface area contributed by atoms with Crippen LogP contribution in [0.15, 0.2) is 16.9 Å². The monoisotopic (exact) mass is 333 g/mol. The van der Waals surface area contributed by atoms with E-state index in [1.54, 1.807) is 15.5 Å². The van der Waals surface area contributed by atoms with Crippen LogP contribution >= 0.6 is 0 Å². The van der Waals surface area contributed by atoms with Gasteiger partial charge in [-0.1, -0.05) is 6.42 Å². The van der Waals surface area contributed by atoms with Crippen molar-refractivity contribution in [3.63, 3.8) is 0 Å². The normalized spacial score (nSPS) is 25.2. The lowest BCUT2D eigenvalue weighted by molar-refractivity contribution is 0.0702. The summed E-state index contributed by atoms with van der Waals surface area (Å²) in [5, 5.41) is 10.4. The number of hydrogen-bond donors (Lipinski definition) is 1. The average molecular weight is 333 g/mol. The molecule has 1 N–H and O–H groups in total. The number of aryl methyl sites for hydroxylation is 1. The molecule has 24 heavy (non-hydrogen) atoms. The number of likely N-dealkylation sites (tertiary alicyclic amines) is 2. The van der Waals surface area contributed by atoms with Crippen LogP contribution in [0.2, 0.25) is 0 Å². The standard InChI is InChI=1S/C18H27N3O3/c1-3-21-13(2)7-8-14(18(21)24)17(23)20-11-15(16(22)12-20)19-9-5-4-6-10-19/h7-8,15-16,22H,3-6,9-12H2,1-2H3/t15-,16-/m1/s1. The van der Waals surface area contributed by atoms with Gasteiger partial charge in [0, 0.05) is 25.3 Å². The lowest BCUT2D eigenvalue weighted by Crippen LogP contribution is -2.46. The zero-order valence-electron chi connectivity index (χ0n) is 14.6. The Morgan fingerprint density at radius 1 is 1.21 bits per heavy atom. The molecule has 0 spiro atoms. The topological polar surface area (TPSA) is 65.8 Å². The number of pyridine rings is 1. The van der Waals surface area contributed by atoms with Gasteiger partial charge in [0.1, 0.15) is 5.56 Å². The van der Waals surface area contributed by atoms with Crippen molar-refractivity contribution in [3.05, 3.63) is 33.7 Å². The molecule has 3 heterocycles. The maximum absolute atomic E-state index is 12.8. The molecule has 2 atom stereocenters. The summed E-state index contributed by atoms with van der Waals surface area (Å²) < 4.78 is 1.61. The summed E-state index contributed by atoms with van der Waals surface area (Å²) in [7, 11) is 0. The highest BCUT2D eigenvalue weighted by molar-refractivity contribution is 5.94. The predicted octanol–water partition coefficient (Wildman–Crippen LogP) is 0.848. The summed E-state index contributed by atoms with van der Waals surface area (Å²) in [6, 6.07) is 3.42. The molecular weight excluding hydrogens is 306 g/mol. The molecule has 132 valence electrons. The first-order valence-corrected chi connectivity index (χ1v) is 8.94. The van der Waals surface area contributed by atoms with Crippen molar-refractivity contribution in [1.82, 2.24) is 14.4 Å². The van der Waals surface area contributed by atoms with Gasteiger partial charge in [0.25, 0.3) is 11.5 Å². The van der Waals surface area contributed by atoms with Gasteiger partial charge in [0.05, 0.1) is 12.1 Å². The molecule has 3 rings (SSSR count). The molecule has 2 fully saturated rings. The first-order chi connectivity index (χ1) is 11.5. The first kappa shape index (κ1) is 17.2. The van der Waals surface area contributed by atoms with Gasteiger partial charge >= 0.3 is 0 Å². The van der Waals surface area contributed by atoms with Gasteiger partial charge in [-0.3, -0.25) is 14.5 Å².